The van der Waals surface area contributed by atoms with Crippen LogP contribution >= 0.6 is 0 Å². The highest BCUT2D eigenvalue weighted by atomic mass is 16.5. The van der Waals surface area contributed by atoms with Crippen LogP contribution in [0.3, 0.4) is 0 Å². The van der Waals surface area contributed by atoms with E-state index in [2.05, 4.69) is 10.6 Å². The number of hydrogen-bond acceptors (Lipinski definition) is 3. The third-order valence-corrected chi connectivity index (χ3v) is 3.29. The van der Waals surface area contributed by atoms with Gasteiger partial charge in [0.15, 0.2) is 0 Å². The first kappa shape index (κ1) is 16.5. The number of aryl methyl sites for hydroxylation is 1. The molecule has 0 spiro atoms. The second-order valence-electron chi connectivity index (χ2n) is 4.89. The maximum atomic E-state index is 12.4. The van der Waals surface area contributed by atoms with Crippen LogP contribution in [-0.4, -0.2) is 18.6 Å². The van der Waals surface area contributed by atoms with Crippen LogP contribution in [0, 0.1) is 0 Å². The number of anilines is 2. The van der Waals surface area contributed by atoms with Crippen molar-refractivity contribution in [1.82, 2.24) is 0 Å². The molecule has 2 aromatic rings. The average molecular weight is 312 g/mol. The molecule has 23 heavy (non-hydrogen) atoms. The van der Waals surface area contributed by atoms with Gasteiger partial charge in [0, 0.05) is 16.9 Å². The molecule has 0 atom stereocenters. The lowest BCUT2D eigenvalue weighted by molar-refractivity contribution is 0.102. The van der Waals surface area contributed by atoms with Crippen molar-refractivity contribution in [1.29, 1.82) is 0 Å². The molecule has 2 rings (SSSR count). The molecule has 120 valence electrons. The number of carbonyl (C=O) groups is 2. The minimum absolute atomic E-state index is 0.224. The van der Waals surface area contributed by atoms with Crippen LogP contribution in [0.15, 0.2) is 48.5 Å². The van der Waals surface area contributed by atoms with Gasteiger partial charge >= 0.3 is 6.09 Å². The molecule has 0 fully saturated rings. The Hall–Kier alpha value is -2.82. The van der Waals surface area contributed by atoms with Crippen LogP contribution in [0.2, 0.25) is 0 Å². The number of hydrogen-bond donors (Lipinski definition) is 2. The summed E-state index contributed by atoms with van der Waals surface area (Å²) >= 11 is 0. The molecule has 5 heteroatoms. The predicted octanol–water partition coefficient (Wildman–Crippen LogP) is 4.07. The Morgan fingerprint density at radius 1 is 1.00 bits per heavy atom. The summed E-state index contributed by atoms with van der Waals surface area (Å²) in [6.07, 6.45) is 0.294. The predicted molar refractivity (Wildman–Crippen MR) is 90.9 cm³/mol. The van der Waals surface area contributed by atoms with E-state index in [0.717, 1.165) is 17.7 Å². The molecular formula is C18H20N2O3. The van der Waals surface area contributed by atoms with Crippen molar-refractivity contribution >= 4 is 23.4 Å². The van der Waals surface area contributed by atoms with E-state index in [9.17, 15) is 9.59 Å². The Morgan fingerprint density at radius 2 is 1.78 bits per heavy atom. The van der Waals surface area contributed by atoms with Gasteiger partial charge in [-0.1, -0.05) is 31.2 Å². The third kappa shape index (κ3) is 4.57. The molecule has 0 bridgehead atoms. The maximum absolute atomic E-state index is 12.4. The van der Waals surface area contributed by atoms with Gasteiger partial charge in [-0.3, -0.25) is 10.1 Å². The first-order valence-electron chi connectivity index (χ1n) is 7.57. The van der Waals surface area contributed by atoms with Gasteiger partial charge in [-0.2, -0.15) is 0 Å². The molecule has 0 aliphatic rings. The highest BCUT2D eigenvalue weighted by Gasteiger charge is 2.10. The van der Waals surface area contributed by atoms with E-state index in [-0.39, 0.29) is 5.91 Å². The van der Waals surface area contributed by atoms with Crippen LogP contribution < -0.4 is 10.6 Å². The Balaban J connectivity index is 2.12. The van der Waals surface area contributed by atoms with E-state index >= 15 is 0 Å². The Labute approximate surface area is 135 Å². The molecule has 2 aromatic carbocycles. The molecule has 0 aliphatic carbocycles. The van der Waals surface area contributed by atoms with Gasteiger partial charge in [-0.15, -0.1) is 0 Å². The highest BCUT2D eigenvalue weighted by molar-refractivity contribution is 6.05. The topological polar surface area (TPSA) is 67.4 Å². The van der Waals surface area contributed by atoms with Crippen molar-refractivity contribution in [3.63, 3.8) is 0 Å². The maximum Gasteiger partial charge on any atom is 0.411 e. The van der Waals surface area contributed by atoms with Gasteiger partial charge in [0.25, 0.3) is 5.91 Å². The third-order valence-electron chi connectivity index (χ3n) is 3.29. The summed E-state index contributed by atoms with van der Waals surface area (Å²) in [5.41, 5.74) is 2.84. The highest BCUT2D eigenvalue weighted by Crippen LogP contribution is 2.18. The van der Waals surface area contributed by atoms with E-state index in [0.29, 0.717) is 17.9 Å². The summed E-state index contributed by atoms with van der Waals surface area (Å²) in [7, 11) is 0. The molecule has 0 heterocycles. The number of carbonyl (C=O) groups excluding carboxylic acids is 2. The molecule has 0 aliphatic heterocycles. The average Bonchev–Trinajstić information content (AvgIpc) is 2.55. The number of para-hydroxylation sites is 1. The summed E-state index contributed by atoms with van der Waals surface area (Å²) in [5, 5.41) is 5.48. The van der Waals surface area contributed by atoms with E-state index < -0.39 is 6.09 Å². The summed E-state index contributed by atoms with van der Waals surface area (Å²) in [6.45, 7) is 4.06. The summed E-state index contributed by atoms with van der Waals surface area (Å²) in [6, 6.07) is 14.4. The van der Waals surface area contributed by atoms with Crippen LogP contribution in [0.4, 0.5) is 16.2 Å². The summed E-state index contributed by atoms with van der Waals surface area (Å²) < 4.78 is 4.82. The fourth-order valence-electron chi connectivity index (χ4n) is 2.17. The van der Waals surface area contributed by atoms with Crippen molar-refractivity contribution in [2.24, 2.45) is 0 Å². The minimum Gasteiger partial charge on any atom is -0.450 e. The van der Waals surface area contributed by atoms with Gasteiger partial charge in [0.05, 0.1) is 6.61 Å². The van der Waals surface area contributed by atoms with Crippen LogP contribution in [0.1, 0.15) is 29.8 Å². The molecule has 2 N–H and O–H groups in total. The van der Waals surface area contributed by atoms with Crippen molar-refractivity contribution in [2.75, 3.05) is 17.2 Å². The minimum atomic E-state index is -0.540. The second kappa shape index (κ2) is 7.98. The van der Waals surface area contributed by atoms with E-state index in [1.165, 1.54) is 0 Å². The fraction of sp³-hybridized carbons (Fsp3) is 0.222. The lowest BCUT2D eigenvalue weighted by Crippen LogP contribution is -2.15. The largest absolute Gasteiger partial charge is 0.450 e. The lowest BCUT2D eigenvalue weighted by atomic mass is 10.1. The van der Waals surface area contributed by atoms with Gasteiger partial charge in [0.1, 0.15) is 0 Å². The van der Waals surface area contributed by atoms with Crippen molar-refractivity contribution < 1.29 is 14.3 Å². The monoisotopic (exact) mass is 312 g/mol. The Morgan fingerprint density at radius 3 is 2.52 bits per heavy atom. The van der Waals surface area contributed by atoms with Crippen molar-refractivity contribution in [2.45, 2.75) is 20.3 Å². The number of amides is 2. The molecule has 0 aromatic heterocycles. The van der Waals surface area contributed by atoms with Crippen molar-refractivity contribution in [3.05, 3.63) is 59.7 Å². The molecule has 0 saturated heterocycles. The smallest absolute Gasteiger partial charge is 0.411 e. The summed E-state index contributed by atoms with van der Waals surface area (Å²) in [5.74, 6) is -0.224. The van der Waals surface area contributed by atoms with E-state index in [1.54, 1.807) is 31.2 Å². The van der Waals surface area contributed by atoms with Crippen molar-refractivity contribution in [3.8, 4) is 0 Å². The number of rotatable bonds is 5. The zero-order chi connectivity index (χ0) is 16.7. The zero-order valence-electron chi connectivity index (χ0n) is 13.3. The SMILES string of the molecule is CCOC(=O)Nc1cccc(C(=O)Nc2ccccc2CC)c1. The first-order chi connectivity index (χ1) is 11.1. The molecule has 0 saturated carbocycles. The molecule has 5 nitrogen and oxygen atoms in total. The fourth-order valence-corrected chi connectivity index (χ4v) is 2.17. The molecule has 0 radical (unpaired) electrons. The lowest BCUT2D eigenvalue weighted by Gasteiger charge is -2.11. The van der Waals surface area contributed by atoms with E-state index in [4.69, 9.17) is 4.74 Å². The van der Waals surface area contributed by atoms with Gasteiger partial charge < -0.3 is 10.1 Å². The normalized spacial score (nSPS) is 10.0. The van der Waals surface area contributed by atoms with Gasteiger partial charge in [-0.05, 0) is 43.2 Å². The first-order valence-corrected chi connectivity index (χ1v) is 7.57. The number of nitrogens with one attached hydrogen (secondary N) is 2. The van der Waals surface area contributed by atoms with Crippen LogP contribution in [-0.2, 0) is 11.2 Å². The standard InChI is InChI=1S/C18H20N2O3/c1-3-13-8-5-6-11-16(13)20-17(21)14-9-7-10-15(12-14)19-18(22)23-4-2/h5-12H,3-4H2,1-2H3,(H,19,22)(H,20,21). The van der Waals surface area contributed by atoms with E-state index in [1.807, 2.05) is 31.2 Å². The molecule has 2 amide bonds. The van der Waals surface area contributed by atoms with Crippen LogP contribution in [0.25, 0.3) is 0 Å². The van der Waals surface area contributed by atoms with Gasteiger partial charge in [-0.25, -0.2) is 4.79 Å². The second-order valence-corrected chi connectivity index (χ2v) is 4.89. The number of benzene rings is 2. The Bertz CT molecular complexity index is 698. The quantitative estimate of drug-likeness (QED) is 0.874. The summed E-state index contributed by atoms with van der Waals surface area (Å²) in [4.78, 5) is 23.8. The molecular weight excluding hydrogens is 292 g/mol. The van der Waals surface area contributed by atoms with Crippen LogP contribution in [0.5, 0.6) is 0 Å². The number of ether oxygens (including phenoxy) is 1. The zero-order valence-corrected chi connectivity index (χ0v) is 13.3. The molecule has 0 unspecified atom stereocenters. The Kier molecular flexibility index (Phi) is 5.74. The van der Waals surface area contributed by atoms with Gasteiger partial charge in [0.2, 0.25) is 0 Å².